The summed E-state index contributed by atoms with van der Waals surface area (Å²) >= 11 is 0. The molecule has 2 heterocycles. The molecule has 0 amide bonds. The molecule has 27 heavy (non-hydrogen) atoms. The normalized spacial score (nSPS) is 19.3. The van der Waals surface area contributed by atoms with Crippen molar-refractivity contribution in [2.45, 2.75) is 19.8 Å². The first-order valence-corrected chi connectivity index (χ1v) is 8.63. The number of nitrogens with one attached hydrogen (secondary N) is 1. The molecule has 3 rings (SSSR count). The van der Waals surface area contributed by atoms with Gasteiger partial charge in [-0.2, -0.15) is 15.6 Å². The number of aliphatic imine (C=N–C) groups is 1. The van der Waals surface area contributed by atoms with Crippen molar-refractivity contribution in [2.75, 3.05) is 20.6 Å². The van der Waals surface area contributed by atoms with E-state index in [0.717, 1.165) is 27.9 Å². The van der Waals surface area contributed by atoms with Gasteiger partial charge in [0.2, 0.25) is 0 Å². The zero-order valence-electron chi connectivity index (χ0n) is 15.8. The first-order chi connectivity index (χ1) is 13.0. The number of nitriles is 2. The minimum atomic E-state index is -0.462. The van der Waals surface area contributed by atoms with Crippen molar-refractivity contribution < 1.29 is 0 Å². The van der Waals surface area contributed by atoms with Crippen molar-refractivity contribution in [3.05, 3.63) is 40.7 Å². The molecule has 0 spiro atoms. The third-order valence-corrected chi connectivity index (χ3v) is 4.63. The zero-order valence-corrected chi connectivity index (χ0v) is 15.8. The average molecular weight is 356 g/mol. The topological polar surface area (TPSA) is 91.9 Å². The highest BCUT2D eigenvalue weighted by Gasteiger charge is 2.34. The van der Waals surface area contributed by atoms with Crippen LogP contribution >= 0.6 is 0 Å². The fourth-order valence-corrected chi connectivity index (χ4v) is 3.31. The van der Waals surface area contributed by atoms with Gasteiger partial charge in [0.05, 0.1) is 41.4 Å². The predicted molar refractivity (Wildman–Crippen MR) is 105 cm³/mol. The number of hydrogen-bond acceptors (Lipinski definition) is 5. The van der Waals surface area contributed by atoms with Crippen LogP contribution in [-0.2, 0) is 0 Å². The number of allylic oxidation sites excluding steroid dienone is 2. The summed E-state index contributed by atoms with van der Waals surface area (Å²) in [6, 6.07) is 10.4. The molecule has 1 aliphatic heterocycles. The molecule has 1 aromatic heterocycles. The van der Waals surface area contributed by atoms with Crippen LogP contribution in [0.1, 0.15) is 31.0 Å². The zero-order chi connectivity index (χ0) is 19.6. The van der Waals surface area contributed by atoms with Crippen molar-refractivity contribution in [1.82, 2.24) is 15.1 Å². The second-order valence-electron chi connectivity index (χ2n) is 6.86. The number of aromatic amines is 1. The minimum Gasteiger partial charge on any atom is -0.299 e. The average Bonchev–Trinajstić information content (AvgIpc) is 3.03. The Morgan fingerprint density at radius 1 is 1.22 bits per heavy atom. The molecule has 0 aliphatic carbocycles. The van der Waals surface area contributed by atoms with E-state index < -0.39 is 5.92 Å². The summed E-state index contributed by atoms with van der Waals surface area (Å²) in [6.07, 6.45) is 0. The quantitative estimate of drug-likeness (QED) is 0.837. The van der Waals surface area contributed by atoms with Crippen molar-refractivity contribution in [2.24, 2.45) is 10.9 Å². The van der Waals surface area contributed by atoms with E-state index >= 15 is 0 Å². The Hall–Kier alpha value is -3.40. The highest BCUT2D eigenvalue weighted by Crippen LogP contribution is 2.39. The van der Waals surface area contributed by atoms with Gasteiger partial charge in [-0.15, -0.1) is 0 Å². The molecule has 0 saturated heterocycles. The number of nitrogens with zero attached hydrogens (tertiary/aromatic N) is 5. The fraction of sp³-hybridized carbons (Fsp3) is 0.333. The lowest BCUT2D eigenvalue weighted by Gasteiger charge is -2.26. The molecule has 0 saturated carbocycles. The Bertz CT molecular complexity index is 1090. The molecule has 1 aliphatic rings. The van der Waals surface area contributed by atoms with Crippen LogP contribution in [0.15, 0.2) is 34.5 Å². The van der Waals surface area contributed by atoms with Crippen LogP contribution in [-0.4, -0.2) is 41.4 Å². The molecule has 2 atom stereocenters. The monoisotopic (exact) mass is 356 g/mol. The van der Waals surface area contributed by atoms with E-state index in [1.54, 1.807) is 0 Å². The SMILES string of the molecule is CC1=NC(C)=C(C#N)C(c2ccc3n[nH]c(C#CCN(C)C)c3c2)C1C#N. The van der Waals surface area contributed by atoms with Crippen molar-refractivity contribution >= 4 is 16.6 Å². The number of rotatable bonds is 2. The molecule has 0 radical (unpaired) electrons. The molecule has 2 aromatic rings. The number of H-pyrrole nitrogens is 1. The maximum atomic E-state index is 9.68. The predicted octanol–water partition coefficient (Wildman–Crippen LogP) is 2.97. The summed E-state index contributed by atoms with van der Waals surface area (Å²) in [4.78, 5) is 6.39. The highest BCUT2D eigenvalue weighted by atomic mass is 15.1. The summed E-state index contributed by atoms with van der Waals surface area (Å²) in [7, 11) is 3.93. The maximum Gasteiger partial charge on any atom is 0.115 e. The van der Waals surface area contributed by atoms with E-state index in [-0.39, 0.29) is 5.92 Å². The number of aromatic nitrogens is 2. The van der Waals surface area contributed by atoms with E-state index in [9.17, 15) is 10.5 Å². The Morgan fingerprint density at radius 2 is 2.00 bits per heavy atom. The Kier molecular flexibility index (Phi) is 5.08. The van der Waals surface area contributed by atoms with Crippen LogP contribution in [0.25, 0.3) is 10.9 Å². The van der Waals surface area contributed by atoms with Gasteiger partial charge in [-0.3, -0.25) is 15.0 Å². The molecule has 6 heteroatoms. The molecule has 1 N–H and O–H groups in total. The van der Waals surface area contributed by atoms with Crippen molar-refractivity contribution in [3.8, 4) is 24.0 Å². The largest absolute Gasteiger partial charge is 0.299 e. The van der Waals surface area contributed by atoms with Crippen LogP contribution < -0.4 is 0 Å². The lowest BCUT2D eigenvalue weighted by atomic mass is 9.76. The second kappa shape index (κ2) is 7.46. The van der Waals surface area contributed by atoms with E-state index in [4.69, 9.17) is 0 Å². The van der Waals surface area contributed by atoms with Gasteiger partial charge >= 0.3 is 0 Å². The van der Waals surface area contributed by atoms with E-state index in [1.165, 1.54) is 0 Å². The number of fused-ring (bicyclic) bond motifs is 1. The standard InChI is InChI=1S/C21H20N6/c1-13-17(11-22)21(18(12-23)14(2)24-13)15-7-8-20-16(10-15)19(25-26-20)6-5-9-27(3)4/h7-8,10,17,21H,9H2,1-4H3,(H,25,26). The van der Waals surface area contributed by atoms with Gasteiger partial charge in [0.1, 0.15) is 5.69 Å². The lowest BCUT2D eigenvalue weighted by molar-refractivity contribution is 0.464. The molecule has 0 bridgehead atoms. The Balaban J connectivity index is 2.11. The van der Waals surface area contributed by atoms with Crippen LogP contribution in [0, 0.1) is 40.4 Å². The van der Waals surface area contributed by atoms with Gasteiger partial charge in [0.25, 0.3) is 0 Å². The third kappa shape index (κ3) is 3.47. The number of benzene rings is 1. The van der Waals surface area contributed by atoms with Gasteiger partial charge in [-0.05, 0) is 51.6 Å². The van der Waals surface area contributed by atoms with Crippen LogP contribution in [0.3, 0.4) is 0 Å². The Labute approximate surface area is 158 Å². The van der Waals surface area contributed by atoms with Gasteiger partial charge in [-0.25, -0.2) is 0 Å². The van der Waals surface area contributed by atoms with E-state index in [0.29, 0.717) is 17.8 Å². The molecule has 134 valence electrons. The van der Waals surface area contributed by atoms with Crippen molar-refractivity contribution in [3.63, 3.8) is 0 Å². The maximum absolute atomic E-state index is 9.68. The lowest BCUT2D eigenvalue weighted by Crippen LogP contribution is -2.24. The van der Waals surface area contributed by atoms with Gasteiger partial charge in [-0.1, -0.05) is 12.0 Å². The molecule has 6 nitrogen and oxygen atoms in total. The van der Waals surface area contributed by atoms with Crippen LogP contribution in [0.2, 0.25) is 0 Å². The summed E-state index contributed by atoms with van der Waals surface area (Å²) in [5, 5.41) is 27.5. The third-order valence-electron chi connectivity index (χ3n) is 4.63. The summed E-state index contributed by atoms with van der Waals surface area (Å²) in [5.41, 5.74) is 4.39. The summed E-state index contributed by atoms with van der Waals surface area (Å²) < 4.78 is 0. The molecular formula is C21H20N6. The molecule has 0 fully saturated rings. The van der Waals surface area contributed by atoms with Gasteiger partial charge in [0, 0.05) is 17.0 Å². The molecular weight excluding hydrogens is 336 g/mol. The van der Waals surface area contributed by atoms with Crippen LogP contribution in [0.5, 0.6) is 0 Å². The second-order valence-corrected chi connectivity index (χ2v) is 6.86. The summed E-state index contributed by atoms with van der Waals surface area (Å²) in [5.74, 6) is 5.43. The van der Waals surface area contributed by atoms with Gasteiger partial charge < -0.3 is 0 Å². The molecule has 1 aromatic carbocycles. The Morgan fingerprint density at radius 3 is 2.67 bits per heavy atom. The van der Waals surface area contributed by atoms with Crippen LogP contribution in [0.4, 0.5) is 0 Å². The first kappa shape index (κ1) is 18.4. The van der Waals surface area contributed by atoms with Crippen molar-refractivity contribution in [1.29, 1.82) is 10.5 Å². The van der Waals surface area contributed by atoms with E-state index in [1.807, 2.05) is 51.0 Å². The number of hydrogen-bond donors (Lipinski definition) is 1. The minimum absolute atomic E-state index is 0.334. The summed E-state index contributed by atoms with van der Waals surface area (Å²) in [6.45, 7) is 4.31. The first-order valence-electron chi connectivity index (χ1n) is 8.63. The fourth-order valence-electron chi connectivity index (χ4n) is 3.31. The molecule has 2 unspecified atom stereocenters. The highest BCUT2D eigenvalue weighted by molar-refractivity contribution is 5.91. The smallest absolute Gasteiger partial charge is 0.115 e. The van der Waals surface area contributed by atoms with Gasteiger partial charge in [0.15, 0.2) is 0 Å². The van der Waals surface area contributed by atoms with E-state index in [2.05, 4.69) is 39.2 Å².